The van der Waals surface area contributed by atoms with E-state index < -0.39 is 16.2 Å². The van der Waals surface area contributed by atoms with E-state index in [-0.39, 0.29) is 0 Å². The summed E-state index contributed by atoms with van der Waals surface area (Å²) in [5, 5.41) is 0. The van der Waals surface area contributed by atoms with Gasteiger partial charge < -0.3 is 0 Å². The van der Waals surface area contributed by atoms with Crippen LogP contribution in [0.25, 0.3) is 0 Å². The predicted octanol–water partition coefficient (Wildman–Crippen LogP) is 8.07. The summed E-state index contributed by atoms with van der Waals surface area (Å²) in [5.74, 6) is 3.34. The summed E-state index contributed by atoms with van der Waals surface area (Å²) < 4.78 is 5.00. The molecular formula is C21H39BrSn. The minimum absolute atomic E-state index is 1.11. The third-order valence-electron chi connectivity index (χ3n) is 7.43. The average molecular weight is 490 g/mol. The molecule has 0 aromatic rings. The molecule has 134 valence electrons. The van der Waals surface area contributed by atoms with Crippen molar-refractivity contribution in [1.82, 2.24) is 0 Å². The van der Waals surface area contributed by atoms with Crippen molar-refractivity contribution in [2.45, 2.75) is 110 Å². The minimum atomic E-state index is -1.97. The number of hydrogen-bond donors (Lipinski definition) is 0. The van der Waals surface area contributed by atoms with Crippen molar-refractivity contribution in [3.63, 3.8) is 0 Å². The summed E-state index contributed by atoms with van der Waals surface area (Å²) >= 11 is 2.55. The molecule has 3 rings (SSSR count). The van der Waals surface area contributed by atoms with Gasteiger partial charge in [-0.15, -0.1) is 0 Å². The fraction of sp³-hybridized carbons (Fsp3) is 1.00. The van der Waals surface area contributed by atoms with Crippen LogP contribution in [-0.4, -0.2) is 16.2 Å². The van der Waals surface area contributed by atoms with Gasteiger partial charge in [0.1, 0.15) is 0 Å². The van der Waals surface area contributed by atoms with Crippen LogP contribution in [0.15, 0.2) is 0 Å². The van der Waals surface area contributed by atoms with Crippen LogP contribution in [0.3, 0.4) is 0 Å². The quantitative estimate of drug-likeness (QED) is 0.287. The van der Waals surface area contributed by atoms with E-state index in [1.54, 1.807) is 71.1 Å². The zero-order valence-corrected chi connectivity index (χ0v) is 19.8. The van der Waals surface area contributed by atoms with Crippen molar-refractivity contribution in [2.24, 2.45) is 17.8 Å². The molecule has 0 unspecified atom stereocenters. The Hall–Kier alpha value is 1.28. The summed E-state index contributed by atoms with van der Waals surface area (Å²) in [7, 11) is 0. The Kier molecular flexibility index (Phi) is 8.15. The predicted molar refractivity (Wildman–Crippen MR) is 109 cm³/mol. The Bertz CT molecular complexity index is 274. The molecule has 0 atom stereocenters. The monoisotopic (exact) mass is 490 g/mol. The Morgan fingerprint density at radius 1 is 0.522 bits per heavy atom. The van der Waals surface area contributed by atoms with Gasteiger partial charge in [-0.1, -0.05) is 0 Å². The molecule has 0 heterocycles. The van der Waals surface area contributed by atoms with E-state index in [2.05, 4.69) is 12.7 Å². The standard InChI is InChI=1S/3C7H13.BrH.Sn/c3*1-2-7-5-3-4-6-7;;/h3*7H,1-6H2;1H;/q;;;;+1/p-1. The average Bonchev–Trinajstić information content (AvgIpc) is 3.33. The number of halogens is 1. The molecule has 3 saturated carbocycles. The van der Waals surface area contributed by atoms with Crippen LogP contribution in [-0.2, 0) is 0 Å². The van der Waals surface area contributed by atoms with Gasteiger partial charge in [-0.25, -0.2) is 0 Å². The molecule has 0 N–H and O–H groups in total. The Morgan fingerprint density at radius 3 is 1.04 bits per heavy atom. The fourth-order valence-electron chi connectivity index (χ4n) is 5.66. The second-order valence-electron chi connectivity index (χ2n) is 9.22. The van der Waals surface area contributed by atoms with Gasteiger partial charge >= 0.3 is 156 Å². The summed E-state index contributed by atoms with van der Waals surface area (Å²) in [6.45, 7) is 0. The Labute approximate surface area is 155 Å². The summed E-state index contributed by atoms with van der Waals surface area (Å²) in [6, 6.07) is 0. The van der Waals surface area contributed by atoms with Crippen LogP contribution >= 0.6 is 12.7 Å². The molecule has 0 aromatic carbocycles. The first-order valence-corrected chi connectivity index (χ1v) is 23.4. The first-order chi connectivity index (χ1) is 11.2. The van der Waals surface area contributed by atoms with Crippen molar-refractivity contribution in [2.75, 3.05) is 0 Å². The SMILES string of the molecule is [Br][Sn]([CH2]CC1CCCC1)([CH2]CC1CCCC1)[CH2]CC1CCCC1. The van der Waals surface area contributed by atoms with Crippen molar-refractivity contribution >= 4 is 28.9 Å². The van der Waals surface area contributed by atoms with Crippen molar-refractivity contribution in [3.05, 3.63) is 0 Å². The molecule has 23 heavy (non-hydrogen) atoms. The van der Waals surface area contributed by atoms with Crippen LogP contribution in [0.1, 0.15) is 96.3 Å². The van der Waals surface area contributed by atoms with Crippen LogP contribution < -0.4 is 0 Å². The third kappa shape index (κ3) is 6.50. The van der Waals surface area contributed by atoms with Crippen LogP contribution in [0.5, 0.6) is 0 Å². The van der Waals surface area contributed by atoms with Gasteiger partial charge in [0.15, 0.2) is 0 Å². The van der Waals surface area contributed by atoms with Gasteiger partial charge in [0.2, 0.25) is 0 Å². The van der Waals surface area contributed by atoms with E-state index in [4.69, 9.17) is 0 Å². The first-order valence-electron chi connectivity index (χ1n) is 10.9. The van der Waals surface area contributed by atoms with E-state index in [0.29, 0.717) is 0 Å². The van der Waals surface area contributed by atoms with E-state index >= 15 is 0 Å². The zero-order chi connectivity index (χ0) is 16.0. The second-order valence-corrected chi connectivity index (χ2v) is 31.4. The number of rotatable bonds is 9. The maximum absolute atomic E-state index is 4.52. The second kappa shape index (κ2) is 9.83. The summed E-state index contributed by atoms with van der Waals surface area (Å²) in [4.78, 5) is 0. The zero-order valence-electron chi connectivity index (χ0n) is 15.3. The molecule has 0 radical (unpaired) electrons. The van der Waals surface area contributed by atoms with Crippen molar-refractivity contribution in [3.8, 4) is 0 Å². The molecule has 0 aliphatic heterocycles. The molecule has 0 aromatic heterocycles. The molecule has 0 nitrogen and oxygen atoms in total. The van der Waals surface area contributed by atoms with Gasteiger partial charge in [0.25, 0.3) is 0 Å². The molecule has 2 heteroatoms. The summed E-state index contributed by atoms with van der Waals surface area (Å²) in [5.41, 5.74) is 0. The van der Waals surface area contributed by atoms with Gasteiger partial charge in [-0.05, 0) is 0 Å². The molecule has 3 fully saturated rings. The fourth-order valence-corrected chi connectivity index (χ4v) is 20.3. The topological polar surface area (TPSA) is 0 Å². The van der Waals surface area contributed by atoms with Gasteiger partial charge in [0.05, 0.1) is 0 Å². The van der Waals surface area contributed by atoms with Crippen molar-refractivity contribution in [1.29, 1.82) is 0 Å². The van der Waals surface area contributed by atoms with Crippen LogP contribution in [0.2, 0.25) is 13.3 Å². The van der Waals surface area contributed by atoms with E-state index in [1.807, 2.05) is 0 Å². The van der Waals surface area contributed by atoms with Crippen molar-refractivity contribution < 1.29 is 0 Å². The third-order valence-corrected chi connectivity index (χ3v) is 25.5. The van der Waals surface area contributed by atoms with Crippen LogP contribution in [0.4, 0.5) is 0 Å². The molecule has 0 saturated heterocycles. The normalized spacial score (nSPS) is 24.9. The van der Waals surface area contributed by atoms with E-state index in [0.717, 1.165) is 17.8 Å². The Balaban J connectivity index is 1.46. The first kappa shape index (κ1) is 19.1. The summed E-state index contributed by atoms with van der Waals surface area (Å²) in [6.07, 6.45) is 23.3. The molecular weight excluding hydrogens is 451 g/mol. The van der Waals surface area contributed by atoms with Gasteiger partial charge in [-0.3, -0.25) is 0 Å². The van der Waals surface area contributed by atoms with E-state index in [9.17, 15) is 0 Å². The molecule has 0 spiro atoms. The van der Waals surface area contributed by atoms with E-state index in [1.165, 1.54) is 38.5 Å². The number of hydrogen-bond acceptors (Lipinski definition) is 0. The van der Waals surface area contributed by atoms with Gasteiger partial charge in [-0.2, -0.15) is 0 Å². The maximum atomic E-state index is 4.52. The molecule has 0 amide bonds. The molecule has 0 bridgehead atoms. The molecule has 3 aliphatic carbocycles. The van der Waals surface area contributed by atoms with Gasteiger partial charge in [0, 0.05) is 0 Å². The molecule has 3 aliphatic rings. The Morgan fingerprint density at radius 2 is 0.783 bits per heavy atom. The van der Waals surface area contributed by atoms with Crippen LogP contribution in [0, 0.1) is 17.8 Å².